The molecular formula is C14H13N3S. The highest BCUT2D eigenvalue weighted by atomic mass is 32.1. The third kappa shape index (κ3) is 1.56. The zero-order valence-electron chi connectivity index (χ0n) is 9.84. The molecule has 0 aliphatic heterocycles. The van der Waals surface area contributed by atoms with E-state index < -0.39 is 0 Å². The van der Waals surface area contributed by atoms with E-state index >= 15 is 0 Å². The van der Waals surface area contributed by atoms with Gasteiger partial charge in [0.2, 0.25) is 5.13 Å². The molecule has 4 heteroatoms. The van der Waals surface area contributed by atoms with Crippen molar-refractivity contribution in [2.45, 2.75) is 12.8 Å². The van der Waals surface area contributed by atoms with Crippen molar-refractivity contribution in [3.05, 3.63) is 36.4 Å². The second-order valence-electron chi connectivity index (χ2n) is 4.86. The number of nitrogens with zero attached hydrogens (tertiary/aromatic N) is 2. The zero-order chi connectivity index (χ0) is 11.9. The van der Waals surface area contributed by atoms with Gasteiger partial charge in [-0.2, -0.15) is 5.10 Å². The molecule has 1 N–H and O–H groups in total. The minimum atomic E-state index is 0.590. The summed E-state index contributed by atoms with van der Waals surface area (Å²) >= 11 is 1.65. The lowest BCUT2D eigenvalue weighted by Gasteiger charge is -2.31. The lowest BCUT2D eigenvalue weighted by atomic mass is 9.74. The summed E-state index contributed by atoms with van der Waals surface area (Å²) < 4.78 is 1.20. The number of allylic oxidation sites excluding steroid dienone is 2. The predicted molar refractivity (Wildman–Crippen MR) is 76.0 cm³/mol. The maximum absolute atomic E-state index is 4.51. The van der Waals surface area contributed by atoms with Gasteiger partial charge < -0.3 is 0 Å². The van der Waals surface area contributed by atoms with Crippen LogP contribution in [0.3, 0.4) is 0 Å². The molecular weight excluding hydrogens is 242 g/mol. The van der Waals surface area contributed by atoms with Gasteiger partial charge in [-0.15, -0.1) is 0 Å². The fraction of sp³-hybridized carbons (Fsp3) is 0.286. The molecule has 90 valence electrons. The Balaban J connectivity index is 1.55. The summed E-state index contributed by atoms with van der Waals surface area (Å²) in [7, 11) is 0. The topological polar surface area (TPSA) is 37.3 Å². The van der Waals surface area contributed by atoms with Crippen molar-refractivity contribution in [1.82, 2.24) is 4.98 Å². The van der Waals surface area contributed by atoms with Crippen LogP contribution < -0.4 is 5.43 Å². The van der Waals surface area contributed by atoms with Gasteiger partial charge in [0.15, 0.2) is 0 Å². The van der Waals surface area contributed by atoms with Gasteiger partial charge in [0.25, 0.3) is 0 Å². The fourth-order valence-electron chi connectivity index (χ4n) is 2.70. The zero-order valence-corrected chi connectivity index (χ0v) is 10.7. The number of hydrogen-bond donors (Lipinski definition) is 1. The number of rotatable bonds is 2. The summed E-state index contributed by atoms with van der Waals surface area (Å²) in [5, 5.41) is 5.38. The van der Waals surface area contributed by atoms with Gasteiger partial charge >= 0.3 is 0 Å². The molecule has 0 unspecified atom stereocenters. The number of nitrogens with one attached hydrogen (secondary N) is 1. The van der Waals surface area contributed by atoms with Crippen molar-refractivity contribution in [3.8, 4) is 0 Å². The van der Waals surface area contributed by atoms with Gasteiger partial charge in [0.1, 0.15) is 0 Å². The number of hydrogen-bond acceptors (Lipinski definition) is 4. The molecule has 0 radical (unpaired) electrons. The Morgan fingerprint density at radius 1 is 1.33 bits per heavy atom. The number of benzene rings is 1. The molecule has 1 aromatic carbocycles. The molecule has 3 nitrogen and oxygen atoms in total. The number of thiazole rings is 1. The van der Waals surface area contributed by atoms with Crippen molar-refractivity contribution >= 4 is 32.4 Å². The molecule has 0 bridgehead atoms. The summed E-state index contributed by atoms with van der Waals surface area (Å²) in [5.74, 6) is 1.41. The normalized spacial score (nSPS) is 27.4. The Labute approximate surface area is 109 Å². The molecule has 2 aliphatic carbocycles. The van der Waals surface area contributed by atoms with Crippen LogP contribution in [0.15, 0.2) is 41.5 Å². The molecule has 0 spiro atoms. The van der Waals surface area contributed by atoms with Gasteiger partial charge in [0.05, 0.1) is 10.2 Å². The molecule has 18 heavy (non-hydrogen) atoms. The molecule has 1 heterocycles. The van der Waals surface area contributed by atoms with Gasteiger partial charge in [0, 0.05) is 11.6 Å². The van der Waals surface area contributed by atoms with E-state index in [1.165, 1.54) is 16.8 Å². The Bertz CT molecular complexity index is 623. The molecule has 0 amide bonds. The van der Waals surface area contributed by atoms with Crippen LogP contribution in [0.2, 0.25) is 0 Å². The van der Waals surface area contributed by atoms with E-state index in [-0.39, 0.29) is 0 Å². The Morgan fingerprint density at radius 2 is 2.28 bits per heavy atom. The first kappa shape index (κ1) is 10.3. The van der Waals surface area contributed by atoms with Gasteiger partial charge in [-0.1, -0.05) is 35.6 Å². The van der Waals surface area contributed by atoms with E-state index in [9.17, 15) is 0 Å². The Morgan fingerprint density at radius 3 is 3.17 bits per heavy atom. The smallest absolute Gasteiger partial charge is 0.204 e. The van der Waals surface area contributed by atoms with Crippen LogP contribution >= 0.6 is 11.3 Å². The summed E-state index contributed by atoms with van der Waals surface area (Å²) in [6.45, 7) is 0. The van der Waals surface area contributed by atoms with E-state index in [4.69, 9.17) is 0 Å². The molecule has 1 fully saturated rings. The minimum Gasteiger partial charge on any atom is -0.253 e. The van der Waals surface area contributed by atoms with Crippen molar-refractivity contribution < 1.29 is 0 Å². The largest absolute Gasteiger partial charge is 0.253 e. The number of para-hydroxylation sites is 1. The average Bonchev–Trinajstić information content (AvgIpc) is 2.93. The van der Waals surface area contributed by atoms with E-state index in [1.807, 2.05) is 18.2 Å². The van der Waals surface area contributed by atoms with Crippen LogP contribution in [0, 0.1) is 11.8 Å². The van der Waals surface area contributed by atoms with E-state index in [0.717, 1.165) is 23.0 Å². The molecule has 2 aliphatic rings. The maximum atomic E-state index is 4.51. The molecule has 1 aromatic heterocycles. The SMILES string of the molecule is C1=C[C@H]2/C(=N/Nc3nc4ccccc4s3)C[C@@H]2C1. The first-order valence-electron chi connectivity index (χ1n) is 6.25. The van der Waals surface area contributed by atoms with Crippen molar-refractivity contribution in [1.29, 1.82) is 0 Å². The van der Waals surface area contributed by atoms with Crippen LogP contribution in [0.4, 0.5) is 5.13 Å². The van der Waals surface area contributed by atoms with Gasteiger partial charge in [-0.05, 0) is 30.9 Å². The molecule has 1 saturated carbocycles. The summed E-state index contributed by atoms with van der Waals surface area (Å²) in [5.41, 5.74) is 5.42. The van der Waals surface area contributed by atoms with E-state index in [2.05, 4.69) is 33.7 Å². The quantitative estimate of drug-likeness (QED) is 0.657. The number of fused-ring (bicyclic) bond motifs is 2. The van der Waals surface area contributed by atoms with Crippen LogP contribution in [0.5, 0.6) is 0 Å². The van der Waals surface area contributed by atoms with E-state index in [0.29, 0.717) is 5.92 Å². The monoisotopic (exact) mass is 255 g/mol. The van der Waals surface area contributed by atoms with Crippen molar-refractivity contribution in [2.24, 2.45) is 16.9 Å². The lowest BCUT2D eigenvalue weighted by Crippen LogP contribution is -2.33. The van der Waals surface area contributed by atoms with Crippen LogP contribution in [-0.2, 0) is 0 Å². The molecule has 0 saturated heterocycles. The van der Waals surface area contributed by atoms with Crippen LogP contribution in [-0.4, -0.2) is 10.7 Å². The average molecular weight is 255 g/mol. The van der Waals surface area contributed by atoms with Crippen molar-refractivity contribution in [3.63, 3.8) is 0 Å². The molecule has 4 rings (SSSR count). The summed E-state index contributed by atoms with van der Waals surface area (Å²) in [4.78, 5) is 4.51. The van der Waals surface area contributed by atoms with Crippen LogP contribution in [0.25, 0.3) is 10.2 Å². The third-order valence-electron chi connectivity index (χ3n) is 3.74. The first-order chi connectivity index (χ1) is 8.90. The number of hydrazone groups is 1. The maximum Gasteiger partial charge on any atom is 0.204 e. The minimum absolute atomic E-state index is 0.590. The summed E-state index contributed by atoms with van der Waals surface area (Å²) in [6.07, 6.45) is 6.92. The second-order valence-corrected chi connectivity index (χ2v) is 5.89. The molecule has 2 aromatic rings. The third-order valence-corrected chi connectivity index (χ3v) is 4.68. The van der Waals surface area contributed by atoms with Gasteiger partial charge in [-0.3, -0.25) is 5.43 Å². The van der Waals surface area contributed by atoms with Crippen molar-refractivity contribution in [2.75, 3.05) is 5.43 Å². The fourth-order valence-corrected chi connectivity index (χ4v) is 3.51. The second kappa shape index (κ2) is 3.92. The molecule has 2 atom stereocenters. The highest BCUT2D eigenvalue weighted by molar-refractivity contribution is 7.22. The highest BCUT2D eigenvalue weighted by Crippen LogP contribution is 2.40. The first-order valence-corrected chi connectivity index (χ1v) is 7.06. The predicted octanol–water partition coefficient (Wildman–Crippen LogP) is 3.66. The Hall–Kier alpha value is -1.68. The Kier molecular flexibility index (Phi) is 2.23. The van der Waals surface area contributed by atoms with Crippen LogP contribution in [0.1, 0.15) is 12.8 Å². The highest BCUT2D eigenvalue weighted by Gasteiger charge is 2.37. The standard InChI is InChI=1S/C14H13N3S/c1-2-7-13-11(6-1)15-14(18-13)17-16-12-8-9-4-3-5-10(9)12/h1-3,5-7,9-10H,4,8H2,(H,15,17)/b16-12+/t9-,10+/m0/s1. The summed E-state index contributed by atoms with van der Waals surface area (Å²) in [6, 6.07) is 8.17. The number of aromatic nitrogens is 1. The lowest BCUT2D eigenvalue weighted by molar-refractivity contribution is 0.447. The number of anilines is 1. The van der Waals surface area contributed by atoms with Gasteiger partial charge in [-0.25, -0.2) is 4.98 Å². The van der Waals surface area contributed by atoms with E-state index in [1.54, 1.807) is 11.3 Å².